The summed E-state index contributed by atoms with van der Waals surface area (Å²) in [5, 5.41) is 7.74. The minimum atomic E-state index is -0.625. The van der Waals surface area contributed by atoms with E-state index in [-0.39, 0.29) is 29.2 Å². The Balaban J connectivity index is 1.50. The third-order valence-corrected chi connectivity index (χ3v) is 7.05. The molecule has 2 aromatic heterocycles. The Morgan fingerprint density at radius 1 is 1.30 bits per heavy atom. The molecule has 2 aliphatic rings. The lowest BCUT2D eigenvalue weighted by atomic mass is 10.1. The quantitative estimate of drug-likeness (QED) is 0.379. The number of imidazole rings is 1. The van der Waals surface area contributed by atoms with E-state index in [0.717, 1.165) is 22.4 Å². The van der Waals surface area contributed by atoms with Crippen LogP contribution in [0, 0.1) is 18.8 Å². The summed E-state index contributed by atoms with van der Waals surface area (Å²) >= 11 is 0. The highest BCUT2D eigenvalue weighted by molar-refractivity contribution is 6.00. The van der Waals surface area contributed by atoms with E-state index in [2.05, 4.69) is 33.4 Å². The molecule has 0 spiro atoms. The van der Waals surface area contributed by atoms with Crippen LogP contribution in [-0.2, 0) is 9.53 Å². The van der Waals surface area contributed by atoms with E-state index >= 15 is 0 Å². The predicted molar refractivity (Wildman–Crippen MR) is 140 cm³/mol. The van der Waals surface area contributed by atoms with Crippen LogP contribution in [0.15, 0.2) is 30.9 Å². The summed E-state index contributed by atoms with van der Waals surface area (Å²) in [6.07, 6.45) is 4.28. The number of nitrogens with zero attached hydrogens (tertiary/aromatic N) is 5. The van der Waals surface area contributed by atoms with E-state index in [0.29, 0.717) is 31.4 Å². The Kier molecular flexibility index (Phi) is 6.48. The van der Waals surface area contributed by atoms with Gasteiger partial charge in [0.25, 0.3) is 5.91 Å². The van der Waals surface area contributed by atoms with E-state index in [1.807, 2.05) is 25.1 Å². The lowest BCUT2D eigenvalue weighted by molar-refractivity contribution is -0.127. The molecule has 1 aliphatic carbocycles. The van der Waals surface area contributed by atoms with Crippen LogP contribution in [0.5, 0.6) is 0 Å². The van der Waals surface area contributed by atoms with Gasteiger partial charge in [-0.25, -0.2) is 9.67 Å². The topological polar surface area (TPSA) is 120 Å². The molecule has 5 rings (SSSR count). The zero-order chi connectivity index (χ0) is 26.3. The first-order valence-corrected chi connectivity index (χ1v) is 12.4. The number of rotatable bonds is 7. The molecule has 10 heteroatoms. The number of nitrogens with two attached hydrogens (primary N) is 1. The third kappa shape index (κ3) is 4.47. The molecule has 1 saturated carbocycles. The van der Waals surface area contributed by atoms with Crippen molar-refractivity contribution in [3.8, 4) is 11.8 Å². The minimum Gasteiger partial charge on any atom is -0.383 e. The number of ether oxygens (including phenoxy) is 1. The maximum atomic E-state index is 12.5. The maximum absolute atomic E-state index is 12.5. The number of hydrogen-bond donors (Lipinski definition) is 2. The standard InChI is InChI=1S/C27H31N7O3/c1-5-24(35)32-14-19(13-20(32)15-37-4)34-27(29-3)25(26(28)36)21(31-34)10-6-17-7-11-23-22(12-17)30-16(2)33(23)18-8-9-18/h5,7,11-12,18-20,29H,1,8-9,13-15H2,2-4H3,(H2,28,36)/t19-,20+/m0/s1. The summed E-state index contributed by atoms with van der Waals surface area (Å²) in [5.74, 6) is 6.86. The van der Waals surface area contributed by atoms with Crippen molar-refractivity contribution in [2.24, 2.45) is 5.73 Å². The Bertz CT molecular complexity index is 1450. The van der Waals surface area contributed by atoms with Crippen LogP contribution in [0.25, 0.3) is 11.0 Å². The van der Waals surface area contributed by atoms with Gasteiger partial charge in [0.15, 0.2) is 5.69 Å². The number of carbonyl (C=O) groups is 2. The maximum Gasteiger partial charge on any atom is 0.255 e. The highest BCUT2D eigenvalue weighted by Gasteiger charge is 2.37. The van der Waals surface area contributed by atoms with Gasteiger partial charge in [0.05, 0.1) is 29.7 Å². The van der Waals surface area contributed by atoms with Gasteiger partial charge in [-0.05, 0) is 56.4 Å². The van der Waals surface area contributed by atoms with Crippen molar-refractivity contribution >= 4 is 28.7 Å². The van der Waals surface area contributed by atoms with Gasteiger partial charge in [0.2, 0.25) is 5.91 Å². The number of fused-ring (bicyclic) bond motifs is 1. The highest BCUT2D eigenvalue weighted by Crippen LogP contribution is 2.38. The van der Waals surface area contributed by atoms with Crippen LogP contribution in [0.4, 0.5) is 5.82 Å². The number of anilines is 1. The average molecular weight is 502 g/mol. The number of aromatic nitrogens is 4. The van der Waals surface area contributed by atoms with Crippen LogP contribution < -0.4 is 11.1 Å². The first-order valence-electron chi connectivity index (χ1n) is 12.4. The van der Waals surface area contributed by atoms with Crippen LogP contribution in [0.1, 0.15) is 58.8 Å². The van der Waals surface area contributed by atoms with Gasteiger partial charge in [0.1, 0.15) is 17.2 Å². The predicted octanol–water partition coefficient (Wildman–Crippen LogP) is 2.39. The second-order valence-corrected chi connectivity index (χ2v) is 9.54. The molecule has 37 heavy (non-hydrogen) atoms. The molecular weight excluding hydrogens is 470 g/mol. The van der Waals surface area contributed by atoms with E-state index in [9.17, 15) is 9.59 Å². The van der Waals surface area contributed by atoms with Gasteiger partial charge in [-0.15, -0.1) is 0 Å². The Morgan fingerprint density at radius 2 is 2.08 bits per heavy atom. The fraction of sp³-hybridized carbons (Fsp3) is 0.407. The van der Waals surface area contributed by atoms with Crippen LogP contribution in [-0.4, -0.2) is 69.4 Å². The first-order chi connectivity index (χ1) is 17.9. The number of amides is 2. The monoisotopic (exact) mass is 501 g/mol. The van der Waals surface area contributed by atoms with Crippen LogP contribution in [0.3, 0.4) is 0 Å². The number of likely N-dealkylation sites (tertiary alicyclic amines) is 1. The molecule has 0 bridgehead atoms. The lowest BCUT2D eigenvalue weighted by Gasteiger charge is -2.22. The van der Waals surface area contributed by atoms with Crippen molar-refractivity contribution in [2.75, 3.05) is 32.6 Å². The van der Waals surface area contributed by atoms with Crippen LogP contribution >= 0.6 is 0 Å². The fourth-order valence-electron chi connectivity index (χ4n) is 5.29. The number of aryl methyl sites for hydroxylation is 1. The van der Waals surface area contributed by atoms with Gasteiger partial charge < -0.3 is 25.3 Å². The summed E-state index contributed by atoms with van der Waals surface area (Å²) in [6, 6.07) is 6.18. The fourth-order valence-corrected chi connectivity index (χ4v) is 5.29. The van der Waals surface area contributed by atoms with Gasteiger partial charge in [0, 0.05) is 32.3 Å². The van der Waals surface area contributed by atoms with Crippen molar-refractivity contribution in [1.29, 1.82) is 0 Å². The molecule has 3 N–H and O–H groups in total. The second-order valence-electron chi connectivity index (χ2n) is 9.54. The second kappa shape index (κ2) is 9.75. The molecule has 10 nitrogen and oxygen atoms in total. The Hall–Kier alpha value is -4.10. The van der Waals surface area contributed by atoms with Gasteiger partial charge in [-0.3, -0.25) is 9.59 Å². The number of primary amides is 1. The SMILES string of the molecule is C=CC(=O)N1C[C@@H](n2nc(C#Cc3ccc4c(c3)nc(C)n4C3CC3)c(C(N)=O)c2NC)C[C@@H]1COC. The molecule has 2 atom stereocenters. The van der Waals surface area contributed by atoms with Gasteiger partial charge in [-0.2, -0.15) is 5.10 Å². The molecular formula is C27H31N7O3. The Morgan fingerprint density at radius 3 is 2.73 bits per heavy atom. The summed E-state index contributed by atoms with van der Waals surface area (Å²) in [6.45, 7) is 6.43. The number of carbonyl (C=O) groups excluding carboxylic acids is 2. The largest absolute Gasteiger partial charge is 0.383 e. The number of methoxy groups -OCH3 is 1. The van der Waals surface area contributed by atoms with Crippen molar-refractivity contribution in [3.63, 3.8) is 0 Å². The molecule has 0 unspecified atom stereocenters. The van der Waals surface area contributed by atoms with Crippen molar-refractivity contribution < 1.29 is 14.3 Å². The summed E-state index contributed by atoms with van der Waals surface area (Å²) in [5.41, 5.74) is 9.05. The first kappa shape index (κ1) is 24.6. The molecule has 0 radical (unpaired) electrons. The minimum absolute atomic E-state index is 0.133. The molecule has 3 heterocycles. The molecule has 2 fully saturated rings. The Labute approximate surface area is 215 Å². The van der Waals surface area contributed by atoms with E-state index in [4.69, 9.17) is 15.5 Å². The van der Waals surface area contributed by atoms with Crippen molar-refractivity contribution in [1.82, 2.24) is 24.2 Å². The summed E-state index contributed by atoms with van der Waals surface area (Å²) < 4.78 is 9.33. The number of nitrogens with one attached hydrogen (secondary N) is 1. The van der Waals surface area contributed by atoms with Gasteiger partial charge in [-0.1, -0.05) is 12.5 Å². The molecule has 3 aromatic rings. The summed E-state index contributed by atoms with van der Waals surface area (Å²) in [7, 11) is 3.31. The van der Waals surface area contributed by atoms with Gasteiger partial charge >= 0.3 is 0 Å². The third-order valence-electron chi connectivity index (χ3n) is 7.05. The average Bonchev–Trinajstić information content (AvgIpc) is 3.37. The molecule has 1 aliphatic heterocycles. The van der Waals surface area contributed by atoms with E-state index in [1.54, 1.807) is 23.7 Å². The number of hydrogen-bond acceptors (Lipinski definition) is 6. The van der Waals surface area contributed by atoms with E-state index in [1.165, 1.54) is 18.9 Å². The normalized spacial score (nSPS) is 19.1. The highest BCUT2D eigenvalue weighted by atomic mass is 16.5. The van der Waals surface area contributed by atoms with E-state index < -0.39 is 5.91 Å². The van der Waals surface area contributed by atoms with Crippen molar-refractivity contribution in [2.45, 2.75) is 44.3 Å². The molecule has 2 amide bonds. The number of benzene rings is 1. The zero-order valence-electron chi connectivity index (χ0n) is 21.3. The molecule has 1 aromatic carbocycles. The van der Waals surface area contributed by atoms with Crippen molar-refractivity contribution in [3.05, 3.63) is 53.5 Å². The summed E-state index contributed by atoms with van der Waals surface area (Å²) in [4.78, 5) is 31.3. The molecule has 1 saturated heterocycles. The van der Waals surface area contributed by atoms with Crippen LogP contribution in [0.2, 0.25) is 0 Å². The zero-order valence-corrected chi connectivity index (χ0v) is 21.3. The smallest absolute Gasteiger partial charge is 0.255 e. The lowest BCUT2D eigenvalue weighted by Crippen LogP contribution is -2.37. The molecule has 192 valence electrons.